The summed E-state index contributed by atoms with van der Waals surface area (Å²) in [6.07, 6.45) is 0. The average Bonchev–Trinajstić information content (AvgIpc) is 2.30. The Hall–Kier alpha value is -1.10. The second-order valence-electron chi connectivity index (χ2n) is 3.68. The van der Waals surface area contributed by atoms with Crippen molar-refractivity contribution in [3.8, 4) is 0 Å². The number of aliphatic hydroxyl groups excluding tert-OH is 1. The van der Waals surface area contributed by atoms with Crippen molar-refractivity contribution in [2.45, 2.75) is 32.9 Å². The van der Waals surface area contributed by atoms with Gasteiger partial charge < -0.3 is 10.0 Å². The summed E-state index contributed by atoms with van der Waals surface area (Å²) in [7, 11) is 0. The van der Waals surface area contributed by atoms with Gasteiger partial charge >= 0.3 is 6.03 Å². The molecule has 1 unspecified atom stereocenters. The maximum atomic E-state index is 11.7. The molecule has 1 rings (SSSR count). The predicted molar refractivity (Wildman–Crippen MR) is 50.6 cm³/mol. The Morgan fingerprint density at radius 3 is 2.36 bits per heavy atom. The Balaban J connectivity index is 2.85. The number of β-amino-alcohol motifs (C(OH)–C–C–N with tert-alkyl or cyclic N) is 1. The lowest BCUT2D eigenvalue weighted by Gasteiger charge is -2.19. The smallest absolute Gasteiger partial charge is 0.327 e. The normalized spacial score (nSPS) is 22.8. The van der Waals surface area contributed by atoms with Crippen LogP contribution in [0.15, 0.2) is 0 Å². The molecule has 0 bridgehead atoms. The van der Waals surface area contributed by atoms with E-state index in [4.69, 9.17) is 5.11 Å². The van der Waals surface area contributed by atoms with Crippen molar-refractivity contribution >= 4 is 11.9 Å². The van der Waals surface area contributed by atoms with Gasteiger partial charge in [0.15, 0.2) is 0 Å². The SMILES string of the molecule is CC1C(=O)N(C(C)C)C(=O)N1CCO. The van der Waals surface area contributed by atoms with E-state index in [1.54, 1.807) is 20.8 Å². The number of hydrogen-bond donors (Lipinski definition) is 1. The summed E-state index contributed by atoms with van der Waals surface area (Å²) >= 11 is 0. The van der Waals surface area contributed by atoms with Crippen LogP contribution in [0.2, 0.25) is 0 Å². The number of urea groups is 1. The molecule has 1 fully saturated rings. The first-order valence-corrected chi connectivity index (χ1v) is 4.75. The maximum absolute atomic E-state index is 11.7. The van der Waals surface area contributed by atoms with Crippen LogP contribution in [0.4, 0.5) is 4.79 Å². The van der Waals surface area contributed by atoms with Crippen molar-refractivity contribution in [2.24, 2.45) is 0 Å². The van der Waals surface area contributed by atoms with E-state index in [1.165, 1.54) is 9.80 Å². The van der Waals surface area contributed by atoms with Crippen LogP contribution in [0.5, 0.6) is 0 Å². The van der Waals surface area contributed by atoms with Crippen LogP contribution >= 0.6 is 0 Å². The molecule has 5 heteroatoms. The summed E-state index contributed by atoms with van der Waals surface area (Å²) in [5.74, 6) is -0.182. The lowest BCUT2D eigenvalue weighted by molar-refractivity contribution is -0.128. The first-order valence-electron chi connectivity index (χ1n) is 4.75. The van der Waals surface area contributed by atoms with E-state index in [0.717, 1.165) is 0 Å². The molecule has 0 aromatic carbocycles. The Kier molecular flexibility index (Phi) is 3.10. The molecule has 0 aromatic heterocycles. The van der Waals surface area contributed by atoms with E-state index >= 15 is 0 Å². The zero-order chi connectivity index (χ0) is 10.9. The highest BCUT2D eigenvalue weighted by Crippen LogP contribution is 2.19. The second-order valence-corrected chi connectivity index (χ2v) is 3.68. The molecule has 0 aromatic rings. The summed E-state index contributed by atoms with van der Waals surface area (Å²) in [6.45, 7) is 5.37. The molecule has 0 aliphatic carbocycles. The van der Waals surface area contributed by atoms with Gasteiger partial charge in [-0.2, -0.15) is 0 Å². The molecular weight excluding hydrogens is 184 g/mol. The third-order valence-corrected chi connectivity index (χ3v) is 2.37. The number of aliphatic hydroxyl groups is 1. The van der Waals surface area contributed by atoms with Crippen molar-refractivity contribution in [3.05, 3.63) is 0 Å². The topological polar surface area (TPSA) is 60.9 Å². The first kappa shape index (κ1) is 11.0. The Morgan fingerprint density at radius 2 is 2.00 bits per heavy atom. The maximum Gasteiger partial charge on any atom is 0.327 e. The molecule has 1 atom stereocenters. The molecular formula is C9H16N2O3. The summed E-state index contributed by atoms with van der Waals surface area (Å²) in [4.78, 5) is 25.9. The fraction of sp³-hybridized carbons (Fsp3) is 0.778. The lowest BCUT2D eigenvalue weighted by atomic mass is 10.3. The number of imide groups is 1. The van der Waals surface area contributed by atoms with Gasteiger partial charge in [0, 0.05) is 12.6 Å². The molecule has 3 amide bonds. The molecule has 0 spiro atoms. The number of nitrogens with zero attached hydrogens (tertiary/aromatic N) is 2. The van der Waals surface area contributed by atoms with Gasteiger partial charge in [-0.15, -0.1) is 0 Å². The second kappa shape index (κ2) is 3.96. The quantitative estimate of drug-likeness (QED) is 0.654. The van der Waals surface area contributed by atoms with Crippen LogP contribution in [-0.4, -0.2) is 52.1 Å². The van der Waals surface area contributed by atoms with Crippen LogP contribution in [-0.2, 0) is 4.79 Å². The van der Waals surface area contributed by atoms with Gasteiger partial charge in [0.2, 0.25) is 0 Å². The fourth-order valence-electron chi connectivity index (χ4n) is 1.61. The number of rotatable bonds is 3. The number of carbonyl (C=O) groups is 2. The molecule has 1 heterocycles. The molecule has 5 nitrogen and oxygen atoms in total. The van der Waals surface area contributed by atoms with Gasteiger partial charge in [-0.3, -0.25) is 9.69 Å². The van der Waals surface area contributed by atoms with Crippen LogP contribution in [0.3, 0.4) is 0 Å². The van der Waals surface area contributed by atoms with Crippen molar-refractivity contribution in [2.75, 3.05) is 13.2 Å². The van der Waals surface area contributed by atoms with Gasteiger partial charge in [-0.25, -0.2) is 4.79 Å². The third kappa shape index (κ3) is 1.59. The monoisotopic (exact) mass is 200 g/mol. The fourth-order valence-corrected chi connectivity index (χ4v) is 1.61. The van der Waals surface area contributed by atoms with Crippen LogP contribution in [0.1, 0.15) is 20.8 Å². The third-order valence-electron chi connectivity index (χ3n) is 2.37. The molecule has 14 heavy (non-hydrogen) atoms. The minimum absolute atomic E-state index is 0.116. The number of amides is 3. The number of carbonyl (C=O) groups excluding carboxylic acids is 2. The van der Waals surface area contributed by atoms with E-state index in [9.17, 15) is 9.59 Å². The van der Waals surface area contributed by atoms with Crippen molar-refractivity contribution in [1.82, 2.24) is 9.80 Å². The molecule has 80 valence electrons. The summed E-state index contributed by atoms with van der Waals surface area (Å²) in [5, 5.41) is 8.75. The molecule has 0 radical (unpaired) electrons. The Labute approximate surface area is 83.3 Å². The summed E-state index contributed by atoms with van der Waals surface area (Å²) in [6, 6.07) is -0.871. The van der Waals surface area contributed by atoms with E-state index in [-0.39, 0.29) is 31.1 Å². The lowest BCUT2D eigenvalue weighted by Crippen LogP contribution is -2.38. The average molecular weight is 200 g/mol. The molecule has 0 saturated carbocycles. The van der Waals surface area contributed by atoms with Crippen LogP contribution in [0, 0.1) is 0 Å². The number of hydrogen-bond acceptors (Lipinski definition) is 3. The summed E-state index contributed by atoms with van der Waals surface area (Å²) in [5.41, 5.74) is 0. The van der Waals surface area contributed by atoms with Crippen LogP contribution < -0.4 is 0 Å². The minimum atomic E-state index is -0.447. The van der Waals surface area contributed by atoms with Gasteiger partial charge in [-0.1, -0.05) is 0 Å². The van der Waals surface area contributed by atoms with Gasteiger partial charge in [0.05, 0.1) is 6.61 Å². The minimum Gasteiger partial charge on any atom is -0.395 e. The highest BCUT2D eigenvalue weighted by Gasteiger charge is 2.42. The van der Waals surface area contributed by atoms with E-state index < -0.39 is 6.04 Å². The van der Waals surface area contributed by atoms with Crippen LogP contribution in [0.25, 0.3) is 0 Å². The van der Waals surface area contributed by atoms with Gasteiger partial charge in [-0.05, 0) is 20.8 Å². The standard InChI is InChI=1S/C9H16N2O3/c1-6(2)11-8(13)7(3)10(4-5-12)9(11)14/h6-7,12H,4-5H2,1-3H3. The van der Waals surface area contributed by atoms with Gasteiger partial charge in [0.25, 0.3) is 5.91 Å². The van der Waals surface area contributed by atoms with E-state index in [0.29, 0.717) is 0 Å². The van der Waals surface area contributed by atoms with E-state index in [2.05, 4.69) is 0 Å². The molecule has 1 saturated heterocycles. The highest BCUT2D eigenvalue weighted by molar-refractivity contribution is 6.04. The largest absolute Gasteiger partial charge is 0.395 e. The Morgan fingerprint density at radius 1 is 1.43 bits per heavy atom. The molecule has 1 aliphatic heterocycles. The zero-order valence-electron chi connectivity index (χ0n) is 8.73. The molecule has 1 aliphatic rings. The first-order chi connectivity index (χ1) is 6.50. The van der Waals surface area contributed by atoms with Crippen molar-refractivity contribution < 1.29 is 14.7 Å². The van der Waals surface area contributed by atoms with Crippen molar-refractivity contribution in [3.63, 3.8) is 0 Å². The molecule has 1 N–H and O–H groups in total. The van der Waals surface area contributed by atoms with E-state index in [1.807, 2.05) is 0 Å². The highest BCUT2D eigenvalue weighted by atomic mass is 16.3. The van der Waals surface area contributed by atoms with Gasteiger partial charge in [0.1, 0.15) is 6.04 Å². The zero-order valence-corrected chi connectivity index (χ0v) is 8.73. The summed E-state index contributed by atoms with van der Waals surface area (Å²) < 4.78 is 0. The Bertz CT molecular complexity index is 252. The predicted octanol–water partition coefficient (Wildman–Crippen LogP) is 0.0398. The van der Waals surface area contributed by atoms with Crippen molar-refractivity contribution in [1.29, 1.82) is 0 Å².